The summed E-state index contributed by atoms with van der Waals surface area (Å²) in [6, 6.07) is 2.39. The zero-order valence-electron chi connectivity index (χ0n) is 15.2. The summed E-state index contributed by atoms with van der Waals surface area (Å²) in [5, 5.41) is 27.0. The quantitative estimate of drug-likeness (QED) is 0.205. The maximum Gasteiger partial charge on any atom is 0.352 e. The Bertz CT molecular complexity index is 921. The van der Waals surface area contributed by atoms with Gasteiger partial charge in [0.1, 0.15) is 28.9 Å². The van der Waals surface area contributed by atoms with Crippen molar-refractivity contribution in [3.63, 3.8) is 0 Å². The number of benzene rings is 1. The van der Waals surface area contributed by atoms with Gasteiger partial charge in [-0.2, -0.15) is 0 Å². The second-order valence-electron chi connectivity index (χ2n) is 6.27. The molecule has 1 aromatic rings. The highest BCUT2D eigenvalue weighted by atomic mass is 32.2. The topological polar surface area (TPSA) is 157 Å². The number of hydrogen-bond acceptors (Lipinski definition) is 7. The minimum absolute atomic E-state index is 0.0737. The Morgan fingerprint density at radius 2 is 2.14 bits per heavy atom. The van der Waals surface area contributed by atoms with Crippen molar-refractivity contribution in [1.82, 2.24) is 15.5 Å². The molecule has 29 heavy (non-hydrogen) atoms. The van der Waals surface area contributed by atoms with Crippen LogP contribution in [-0.2, 0) is 14.4 Å². The van der Waals surface area contributed by atoms with E-state index in [4.69, 9.17) is 18.0 Å². The molecule has 1 saturated heterocycles. The summed E-state index contributed by atoms with van der Waals surface area (Å²) in [5.74, 6) is -1.93. The van der Waals surface area contributed by atoms with Crippen molar-refractivity contribution in [2.75, 3.05) is 18.1 Å². The van der Waals surface area contributed by atoms with Gasteiger partial charge < -0.3 is 31.9 Å². The van der Waals surface area contributed by atoms with Crippen molar-refractivity contribution in [2.24, 2.45) is 5.73 Å². The number of carbonyl (C=O) groups excluding carboxylic acids is 2. The van der Waals surface area contributed by atoms with Gasteiger partial charge in [-0.05, 0) is 36.0 Å². The van der Waals surface area contributed by atoms with E-state index in [0.29, 0.717) is 11.3 Å². The fourth-order valence-electron chi connectivity index (χ4n) is 2.96. The zero-order chi connectivity index (χ0) is 21.3. The molecule has 0 saturated carbocycles. The second kappa shape index (κ2) is 8.27. The van der Waals surface area contributed by atoms with Gasteiger partial charge in [0, 0.05) is 12.8 Å². The first-order chi connectivity index (χ1) is 13.7. The average Bonchev–Trinajstić information content (AvgIpc) is 2.71. The van der Waals surface area contributed by atoms with Gasteiger partial charge in [-0.1, -0.05) is 6.07 Å². The number of β-lactam (4-membered cyclic amide) rings is 1. The SMILES string of the molecule is CNC(=S)Nc1cc([C@@H](N)C(=O)N[C@@H]2C(=O)N3C(C(=O)O)=CCS[C@H]23)ccc1O. The molecule has 1 aromatic carbocycles. The van der Waals surface area contributed by atoms with E-state index in [1.54, 1.807) is 7.05 Å². The summed E-state index contributed by atoms with van der Waals surface area (Å²) in [6.45, 7) is 0. The summed E-state index contributed by atoms with van der Waals surface area (Å²) in [4.78, 5) is 37.3. The maximum absolute atomic E-state index is 12.6. The van der Waals surface area contributed by atoms with E-state index >= 15 is 0 Å². The number of amides is 2. The minimum atomic E-state index is -1.19. The van der Waals surface area contributed by atoms with E-state index in [2.05, 4.69) is 16.0 Å². The number of aromatic hydroxyl groups is 1. The number of carboxylic acid groups (broad SMARTS) is 1. The number of thioether (sulfide) groups is 1. The van der Waals surface area contributed by atoms with E-state index in [9.17, 15) is 24.6 Å². The van der Waals surface area contributed by atoms with Crippen LogP contribution in [0.5, 0.6) is 5.75 Å². The molecule has 0 bridgehead atoms. The molecule has 0 radical (unpaired) electrons. The van der Waals surface area contributed by atoms with E-state index < -0.39 is 35.2 Å². The number of nitrogens with two attached hydrogens (primary N) is 1. The van der Waals surface area contributed by atoms with Gasteiger partial charge in [0.05, 0.1) is 5.69 Å². The number of nitrogens with one attached hydrogen (secondary N) is 3. The van der Waals surface area contributed by atoms with Crippen LogP contribution in [0.2, 0.25) is 0 Å². The van der Waals surface area contributed by atoms with E-state index in [1.165, 1.54) is 36.0 Å². The molecule has 1 fully saturated rings. The third kappa shape index (κ3) is 3.99. The molecule has 10 nitrogen and oxygen atoms in total. The lowest BCUT2D eigenvalue weighted by Gasteiger charge is -2.48. The molecular weight excluding hydrogens is 418 g/mol. The largest absolute Gasteiger partial charge is 0.506 e. The third-order valence-electron chi connectivity index (χ3n) is 4.50. The number of thiocarbonyl (C=S) groups is 1. The summed E-state index contributed by atoms with van der Waals surface area (Å²) in [6.07, 6.45) is 1.46. The fourth-order valence-corrected chi connectivity index (χ4v) is 4.27. The Balaban J connectivity index is 1.70. The van der Waals surface area contributed by atoms with Gasteiger partial charge in [-0.15, -0.1) is 11.8 Å². The number of anilines is 1. The van der Waals surface area contributed by atoms with Crippen molar-refractivity contribution in [3.8, 4) is 5.75 Å². The zero-order valence-corrected chi connectivity index (χ0v) is 16.8. The predicted molar refractivity (Wildman–Crippen MR) is 111 cm³/mol. The minimum Gasteiger partial charge on any atom is -0.506 e. The fraction of sp³-hybridized carbons (Fsp3) is 0.294. The van der Waals surface area contributed by atoms with Gasteiger partial charge in [-0.3, -0.25) is 14.5 Å². The van der Waals surface area contributed by atoms with Gasteiger partial charge in [0.25, 0.3) is 5.91 Å². The van der Waals surface area contributed by atoms with Gasteiger partial charge >= 0.3 is 5.97 Å². The number of carboxylic acids is 1. The summed E-state index contributed by atoms with van der Waals surface area (Å²) >= 11 is 6.35. The molecule has 0 aromatic heterocycles. The second-order valence-corrected chi connectivity index (χ2v) is 7.83. The molecule has 0 unspecified atom stereocenters. The number of hydrogen-bond donors (Lipinski definition) is 6. The van der Waals surface area contributed by atoms with Crippen molar-refractivity contribution >= 4 is 52.6 Å². The predicted octanol–water partition coefficient (Wildman–Crippen LogP) is -0.323. The van der Waals surface area contributed by atoms with Crippen LogP contribution in [0.1, 0.15) is 11.6 Å². The Hall–Kier alpha value is -2.83. The molecular formula is C17H19N5O5S2. The summed E-state index contributed by atoms with van der Waals surface area (Å²) in [5.41, 5.74) is 6.62. The van der Waals surface area contributed by atoms with E-state index in [-0.39, 0.29) is 22.2 Å². The molecule has 3 atom stereocenters. The maximum atomic E-state index is 12.6. The number of aliphatic carboxylic acids is 1. The van der Waals surface area contributed by atoms with Crippen molar-refractivity contribution in [1.29, 1.82) is 0 Å². The van der Waals surface area contributed by atoms with Crippen molar-refractivity contribution in [2.45, 2.75) is 17.5 Å². The molecule has 12 heteroatoms. The number of phenols is 1. The van der Waals surface area contributed by atoms with Crippen LogP contribution in [0.25, 0.3) is 0 Å². The van der Waals surface area contributed by atoms with Gasteiger partial charge in [0.2, 0.25) is 5.91 Å². The number of carbonyl (C=O) groups is 3. The number of rotatable bonds is 5. The first-order valence-electron chi connectivity index (χ1n) is 8.50. The van der Waals surface area contributed by atoms with Crippen molar-refractivity contribution in [3.05, 3.63) is 35.5 Å². The highest BCUT2D eigenvalue weighted by Crippen LogP contribution is 2.37. The van der Waals surface area contributed by atoms with Crippen LogP contribution in [0.3, 0.4) is 0 Å². The van der Waals surface area contributed by atoms with Crippen LogP contribution >= 0.6 is 24.0 Å². The van der Waals surface area contributed by atoms with Crippen LogP contribution in [-0.4, -0.2) is 62.2 Å². The molecule has 2 aliphatic heterocycles. The van der Waals surface area contributed by atoms with E-state index in [0.717, 1.165) is 4.90 Å². The lowest BCUT2D eigenvalue weighted by molar-refractivity contribution is -0.150. The monoisotopic (exact) mass is 437 g/mol. The van der Waals surface area contributed by atoms with Gasteiger partial charge in [0.15, 0.2) is 5.11 Å². The molecule has 0 spiro atoms. The lowest BCUT2D eigenvalue weighted by atomic mass is 10.0. The molecule has 2 aliphatic rings. The van der Waals surface area contributed by atoms with Crippen molar-refractivity contribution < 1.29 is 24.6 Å². The van der Waals surface area contributed by atoms with Crippen LogP contribution in [0, 0.1) is 0 Å². The Morgan fingerprint density at radius 1 is 1.41 bits per heavy atom. The Kier molecular flexibility index (Phi) is 5.96. The van der Waals surface area contributed by atoms with Crippen LogP contribution < -0.4 is 21.7 Å². The average molecular weight is 438 g/mol. The molecule has 0 aliphatic carbocycles. The highest BCUT2D eigenvalue weighted by Gasteiger charge is 2.53. The first-order valence-corrected chi connectivity index (χ1v) is 9.96. The Morgan fingerprint density at radius 3 is 2.79 bits per heavy atom. The first kappa shape index (κ1) is 20.9. The summed E-state index contributed by atoms with van der Waals surface area (Å²) in [7, 11) is 1.61. The number of phenolic OH excluding ortho intramolecular Hbond substituents is 1. The number of nitrogens with zero attached hydrogens (tertiary/aromatic N) is 1. The van der Waals surface area contributed by atoms with Crippen LogP contribution in [0.4, 0.5) is 5.69 Å². The van der Waals surface area contributed by atoms with E-state index in [1.807, 2.05) is 0 Å². The normalized spacial score (nSPS) is 21.2. The van der Waals surface area contributed by atoms with Crippen LogP contribution in [0.15, 0.2) is 30.0 Å². The molecule has 3 rings (SSSR count). The smallest absolute Gasteiger partial charge is 0.352 e. The molecule has 2 amide bonds. The standard InChI is InChI=1S/C17H19N5O5S2/c1-19-17(28)20-8-6-7(2-3-10(8)23)11(18)13(24)21-12-14(25)22-9(16(26)27)4-5-29-15(12)22/h2-4,6,11-12,15,23H,5,18H2,1H3,(H,21,24)(H,26,27)(H2,19,20,28)/t11-,12-,15-/m1/s1. The Labute approximate surface area is 175 Å². The summed E-state index contributed by atoms with van der Waals surface area (Å²) < 4.78 is 0. The van der Waals surface area contributed by atoms with Gasteiger partial charge in [-0.25, -0.2) is 4.79 Å². The third-order valence-corrected chi connectivity index (χ3v) is 5.99. The number of fused-ring (bicyclic) bond motifs is 1. The lowest BCUT2D eigenvalue weighted by Crippen LogP contribution is -2.70. The molecule has 154 valence electrons. The molecule has 2 heterocycles. The molecule has 7 N–H and O–H groups in total. The highest BCUT2D eigenvalue weighted by molar-refractivity contribution is 8.00.